The summed E-state index contributed by atoms with van der Waals surface area (Å²) in [4.78, 5) is 8.66. The molecule has 4 heteroatoms. The Morgan fingerprint density at radius 3 is 2.25 bits per heavy atom. The summed E-state index contributed by atoms with van der Waals surface area (Å²) in [7, 11) is 0. The molecule has 0 fully saturated rings. The van der Waals surface area contributed by atoms with Gasteiger partial charge in [-0.25, -0.2) is 4.98 Å². The number of hydrogen-bond acceptors (Lipinski definition) is 4. The van der Waals surface area contributed by atoms with Crippen molar-refractivity contribution >= 4 is 16.5 Å². The lowest BCUT2D eigenvalue weighted by Crippen LogP contribution is -2.25. The monoisotopic (exact) mass is 297 g/mol. The largest absolute Gasteiger partial charge is 0.348 e. The smallest absolute Gasteiger partial charge is 0.185 e. The van der Waals surface area contributed by atoms with E-state index in [0.29, 0.717) is 6.04 Å². The van der Waals surface area contributed by atoms with E-state index in [0.717, 1.165) is 19.6 Å². The van der Waals surface area contributed by atoms with Crippen molar-refractivity contribution in [2.45, 2.75) is 72.9 Å². The van der Waals surface area contributed by atoms with E-state index in [1.807, 2.05) is 11.3 Å². The van der Waals surface area contributed by atoms with Crippen LogP contribution in [0.15, 0.2) is 0 Å². The normalized spacial score (nSPS) is 11.3. The number of thiazole rings is 1. The zero-order chi connectivity index (χ0) is 15.0. The highest BCUT2D eigenvalue weighted by Crippen LogP contribution is 2.26. The van der Waals surface area contributed by atoms with E-state index in [9.17, 15) is 0 Å². The molecule has 1 aromatic heterocycles. The molecule has 0 aliphatic carbocycles. The molecular formula is C16H31N3S. The number of aryl methyl sites for hydroxylation is 1. The van der Waals surface area contributed by atoms with E-state index in [2.05, 4.69) is 44.8 Å². The summed E-state index contributed by atoms with van der Waals surface area (Å²) in [5, 5.41) is 4.71. The number of anilines is 1. The van der Waals surface area contributed by atoms with Crippen LogP contribution in [0.25, 0.3) is 0 Å². The highest BCUT2D eigenvalue weighted by Gasteiger charge is 2.13. The summed E-state index contributed by atoms with van der Waals surface area (Å²) in [6.45, 7) is 14.2. The number of rotatable bonds is 10. The van der Waals surface area contributed by atoms with Crippen molar-refractivity contribution in [2.24, 2.45) is 0 Å². The molecule has 0 radical (unpaired) electrons. The number of hydrogen-bond donors (Lipinski definition) is 1. The predicted molar refractivity (Wildman–Crippen MR) is 90.9 cm³/mol. The maximum absolute atomic E-state index is 4.80. The van der Waals surface area contributed by atoms with Crippen LogP contribution in [0.1, 0.15) is 63.9 Å². The molecule has 0 saturated carbocycles. The Morgan fingerprint density at radius 1 is 1.15 bits per heavy atom. The molecule has 0 aliphatic heterocycles. The molecule has 0 aliphatic rings. The van der Waals surface area contributed by atoms with Gasteiger partial charge in [0.15, 0.2) is 5.13 Å². The lowest BCUT2D eigenvalue weighted by molar-refractivity contribution is 0.591. The molecule has 20 heavy (non-hydrogen) atoms. The van der Waals surface area contributed by atoms with Crippen LogP contribution in [-0.4, -0.2) is 24.1 Å². The van der Waals surface area contributed by atoms with Crippen molar-refractivity contribution in [2.75, 3.05) is 18.0 Å². The Hall–Kier alpha value is -0.610. The molecule has 0 saturated heterocycles. The third-order valence-electron chi connectivity index (χ3n) is 3.39. The first-order valence-electron chi connectivity index (χ1n) is 8.03. The van der Waals surface area contributed by atoms with Gasteiger partial charge in [-0.15, -0.1) is 11.3 Å². The fourth-order valence-corrected chi connectivity index (χ4v) is 3.07. The maximum Gasteiger partial charge on any atom is 0.185 e. The summed E-state index contributed by atoms with van der Waals surface area (Å²) >= 11 is 1.86. The van der Waals surface area contributed by atoms with Crippen molar-refractivity contribution in [3.8, 4) is 0 Å². The molecule has 0 bridgehead atoms. The SMILES string of the molecule is CCCCN(CCCC)c1nc(C)c(CNC(C)C)s1. The summed E-state index contributed by atoms with van der Waals surface area (Å²) in [6.07, 6.45) is 4.99. The van der Waals surface area contributed by atoms with Crippen LogP contribution >= 0.6 is 11.3 Å². The van der Waals surface area contributed by atoms with Crippen LogP contribution in [-0.2, 0) is 6.54 Å². The van der Waals surface area contributed by atoms with Crippen molar-refractivity contribution in [1.82, 2.24) is 10.3 Å². The van der Waals surface area contributed by atoms with Gasteiger partial charge in [0.25, 0.3) is 0 Å². The van der Waals surface area contributed by atoms with E-state index in [4.69, 9.17) is 4.98 Å². The van der Waals surface area contributed by atoms with E-state index in [1.165, 1.54) is 41.4 Å². The number of unbranched alkanes of at least 4 members (excludes halogenated alkanes) is 2. The van der Waals surface area contributed by atoms with Crippen LogP contribution in [0, 0.1) is 6.92 Å². The average molecular weight is 298 g/mol. The van der Waals surface area contributed by atoms with E-state index >= 15 is 0 Å². The van der Waals surface area contributed by atoms with Gasteiger partial charge in [-0.1, -0.05) is 40.5 Å². The fourth-order valence-electron chi connectivity index (χ4n) is 2.01. The van der Waals surface area contributed by atoms with E-state index in [1.54, 1.807) is 0 Å². The van der Waals surface area contributed by atoms with Crippen LogP contribution < -0.4 is 10.2 Å². The van der Waals surface area contributed by atoms with Crippen LogP contribution in [0.2, 0.25) is 0 Å². The Kier molecular flexibility index (Phi) is 8.15. The Labute approximate surface area is 128 Å². The Morgan fingerprint density at radius 2 is 1.75 bits per heavy atom. The zero-order valence-electron chi connectivity index (χ0n) is 13.8. The van der Waals surface area contributed by atoms with Gasteiger partial charge in [0.1, 0.15) is 0 Å². The van der Waals surface area contributed by atoms with Gasteiger partial charge in [0.2, 0.25) is 0 Å². The molecule has 0 aromatic carbocycles. The molecule has 1 aromatic rings. The van der Waals surface area contributed by atoms with Crippen LogP contribution in [0.5, 0.6) is 0 Å². The molecule has 0 unspecified atom stereocenters. The van der Waals surface area contributed by atoms with Gasteiger partial charge >= 0.3 is 0 Å². The molecule has 1 heterocycles. The summed E-state index contributed by atoms with van der Waals surface area (Å²) in [5.41, 5.74) is 1.19. The third-order valence-corrected chi connectivity index (χ3v) is 4.60. The molecule has 0 atom stereocenters. The van der Waals surface area contributed by atoms with Gasteiger partial charge in [0, 0.05) is 30.6 Å². The zero-order valence-corrected chi connectivity index (χ0v) is 14.6. The summed E-state index contributed by atoms with van der Waals surface area (Å²) in [6, 6.07) is 0.524. The second-order valence-electron chi connectivity index (χ2n) is 5.73. The Bertz CT molecular complexity index is 366. The second kappa shape index (κ2) is 9.35. The second-order valence-corrected chi connectivity index (χ2v) is 6.80. The molecule has 1 rings (SSSR count). The van der Waals surface area contributed by atoms with Crippen molar-refractivity contribution in [1.29, 1.82) is 0 Å². The average Bonchev–Trinajstić information content (AvgIpc) is 2.78. The topological polar surface area (TPSA) is 28.2 Å². The molecule has 0 amide bonds. The van der Waals surface area contributed by atoms with Gasteiger partial charge in [-0.2, -0.15) is 0 Å². The third kappa shape index (κ3) is 5.80. The minimum absolute atomic E-state index is 0.524. The number of nitrogens with one attached hydrogen (secondary N) is 1. The van der Waals surface area contributed by atoms with Crippen molar-refractivity contribution in [3.05, 3.63) is 10.6 Å². The lowest BCUT2D eigenvalue weighted by Gasteiger charge is -2.21. The van der Waals surface area contributed by atoms with Crippen LogP contribution in [0.3, 0.4) is 0 Å². The first kappa shape index (κ1) is 17.4. The van der Waals surface area contributed by atoms with Gasteiger partial charge in [-0.3, -0.25) is 0 Å². The molecule has 1 N–H and O–H groups in total. The quantitative estimate of drug-likeness (QED) is 0.695. The van der Waals surface area contributed by atoms with E-state index < -0.39 is 0 Å². The summed E-state index contributed by atoms with van der Waals surface area (Å²) in [5.74, 6) is 0. The van der Waals surface area contributed by atoms with Crippen molar-refractivity contribution < 1.29 is 0 Å². The molecule has 0 spiro atoms. The van der Waals surface area contributed by atoms with E-state index in [-0.39, 0.29) is 0 Å². The van der Waals surface area contributed by atoms with Gasteiger partial charge < -0.3 is 10.2 Å². The highest BCUT2D eigenvalue weighted by molar-refractivity contribution is 7.15. The van der Waals surface area contributed by atoms with Crippen LogP contribution in [0.4, 0.5) is 5.13 Å². The first-order chi connectivity index (χ1) is 9.58. The Balaban J connectivity index is 2.71. The molecule has 116 valence electrons. The van der Waals surface area contributed by atoms with Gasteiger partial charge in [0.05, 0.1) is 5.69 Å². The highest BCUT2D eigenvalue weighted by atomic mass is 32.1. The number of aromatic nitrogens is 1. The minimum atomic E-state index is 0.524. The first-order valence-corrected chi connectivity index (χ1v) is 8.84. The lowest BCUT2D eigenvalue weighted by atomic mass is 10.3. The maximum atomic E-state index is 4.80. The predicted octanol–water partition coefficient (Wildman–Crippen LogP) is 4.36. The minimum Gasteiger partial charge on any atom is -0.348 e. The molecular weight excluding hydrogens is 266 g/mol. The fraction of sp³-hybridized carbons (Fsp3) is 0.812. The van der Waals surface area contributed by atoms with Gasteiger partial charge in [-0.05, 0) is 19.8 Å². The number of nitrogens with zero attached hydrogens (tertiary/aromatic N) is 2. The summed E-state index contributed by atoms with van der Waals surface area (Å²) < 4.78 is 0. The van der Waals surface area contributed by atoms with Crippen molar-refractivity contribution in [3.63, 3.8) is 0 Å². The molecule has 3 nitrogen and oxygen atoms in total. The standard InChI is InChI=1S/C16H31N3S/c1-6-8-10-19(11-9-7-2)16-18-14(5)15(20-16)12-17-13(3)4/h13,17H,6-12H2,1-5H3.